The third kappa shape index (κ3) is 5.96. The Morgan fingerprint density at radius 3 is 2.03 bits per heavy atom. The van der Waals surface area contributed by atoms with E-state index in [1.807, 2.05) is 0 Å². The highest BCUT2D eigenvalue weighted by molar-refractivity contribution is 6.59. The summed E-state index contributed by atoms with van der Waals surface area (Å²) in [5.74, 6) is -1.49. The maximum atomic E-state index is 14.1. The van der Waals surface area contributed by atoms with Crippen molar-refractivity contribution in [2.24, 2.45) is 11.8 Å². The summed E-state index contributed by atoms with van der Waals surface area (Å²) < 4.78 is 53.9. The van der Waals surface area contributed by atoms with E-state index in [9.17, 15) is 17.6 Å². The van der Waals surface area contributed by atoms with Gasteiger partial charge in [0.05, 0.1) is 5.56 Å². The van der Waals surface area contributed by atoms with Crippen LogP contribution >= 0.6 is 0 Å². The van der Waals surface area contributed by atoms with Crippen molar-refractivity contribution >= 4 is 14.6 Å². The topological polar surface area (TPSA) is 0 Å². The molecule has 0 bridgehead atoms. The summed E-state index contributed by atoms with van der Waals surface area (Å²) in [6.07, 6.45) is 11.3. The van der Waals surface area contributed by atoms with Crippen molar-refractivity contribution in [3.8, 4) is 0 Å². The highest BCUT2D eigenvalue weighted by atomic mass is 28.3. The molecule has 0 unspecified atom stereocenters. The second kappa shape index (κ2) is 10.8. The second-order valence-electron chi connectivity index (χ2n) is 9.29. The summed E-state index contributed by atoms with van der Waals surface area (Å²) in [4.78, 5) is 0. The highest BCUT2D eigenvalue weighted by Gasteiger charge is 2.27. The molecule has 0 nitrogen and oxygen atoms in total. The fraction of sp³-hybridized carbons (Fsp3) is 0.667. The predicted octanol–water partition coefficient (Wildman–Crippen LogP) is 8.30. The molecular weight excluding hydrogens is 392 g/mol. The first-order chi connectivity index (χ1) is 14.0. The van der Waals surface area contributed by atoms with Gasteiger partial charge in [-0.2, -0.15) is 0 Å². The van der Waals surface area contributed by atoms with E-state index in [0.717, 1.165) is 24.7 Å². The molecule has 2 fully saturated rings. The number of rotatable bonds is 7. The summed E-state index contributed by atoms with van der Waals surface area (Å²) in [6.45, 7) is 2.28. The van der Waals surface area contributed by atoms with Crippen molar-refractivity contribution in [2.45, 2.75) is 88.8 Å². The first kappa shape index (κ1) is 22.6. The molecule has 3 rings (SSSR count). The molecule has 1 aromatic carbocycles. The van der Waals surface area contributed by atoms with Crippen LogP contribution < -0.4 is 0 Å². The van der Waals surface area contributed by atoms with Gasteiger partial charge >= 0.3 is 0 Å². The van der Waals surface area contributed by atoms with E-state index in [1.165, 1.54) is 75.2 Å². The van der Waals surface area contributed by atoms with Crippen LogP contribution in [0.1, 0.15) is 81.8 Å². The molecule has 2 aliphatic rings. The molecule has 0 atom stereocenters. The van der Waals surface area contributed by atoms with E-state index < -0.39 is 38.2 Å². The lowest BCUT2D eigenvalue weighted by atomic mass is 9.79. The summed E-state index contributed by atoms with van der Waals surface area (Å²) >= 11 is 0. The van der Waals surface area contributed by atoms with Crippen LogP contribution in [0, 0.1) is 23.5 Å². The molecule has 0 aromatic heterocycles. The lowest BCUT2D eigenvalue weighted by Gasteiger charge is -2.31. The van der Waals surface area contributed by atoms with Gasteiger partial charge in [-0.1, -0.05) is 70.0 Å². The zero-order chi connectivity index (χ0) is 20.8. The predicted molar refractivity (Wildman–Crippen MR) is 115 cm³/mol. The van der Waals surface area contributed by atoms with Gasteiger partial charge in [0, 0.05) is 8.80 Å². The molecule has 1 aliphatic carbocycles. The van der Waals surface area contributed by atoms with E-state index in [2.05, 4.69) is 6.92 Å². The van der Waals surface area contributed by atoms with Gasteiger partial charge in [0.2, 0.25) is 0 Å². The van der Waals surface area contributed by atoms with Gasteiger partial charge in [-0.25, -0.2) is 17.6 Å². The molecule has 0 N–H and O–H groups in total. The fourth-order valence-corrected chi connectivity index (χ4v) is 9.14. The Morgan fingerprint density at radius 2 is 1.52 bits per heavy atom. The van der Waals surface area contributed by atoms with E-state index in [1.54, 1.807) is 0 Å². The van der Waals surface area contributed by atoms with Crippen molar-refractivity contribution in [1.29, 1.82) is 0 Å². The van der Waals surface area contributed by atoms with Crippen LogP contribution in [0.15, 0.2) is 18.5 Å². The second-order valence-corrected chi connectivity index (χ2v) is 12.8. The lowest BCUT2D eigenvalue weighted by Crippen LogP contribution is -2.22. The lowest BCUT2D eigenvalue weighted by molar-refractivity contribution is 0.257. The average molecular weight is 427 g/mol. The minimum atomic E-state index is -1.49. The Balaban J connectivity index is 1.46. The van der Waals surface area contributed by atoms with Gasteiger partial charge in [0.1, 0.15) is 18.0 Å². The molecule has 1 aliphatic heterocycles. The zero-order valence-electron chi connectivity index (χ0n) is 17.5. The molecule has 29 heavy (non-hydrogen) atoms. The van der Waals surface area contributed by atoms with E-state index in [0.29, 0.717) is 5.56 Å². The molecule has 0 radical (unpaired) electrons. The minimum absolute atomic E-state index is 0.138. The van der Waals surface area contributed by atoms with Crippen LogP contribution in [0.3, 0.4) is 0 Å². The molecule has 5 heteroatoms. The monoisotopic (exact) mass is 426 g/mol. The molecule has 0 amide bonds. The Labute approximate surface area is 174 Å². The van der Waals surface area contributed by atoms with Crippen LogP contribution in [0.5, 0.6) is 0 Å². The zero-order valence-corrected chi connectivity index (χ0v) is 18.7. The number of halogens is 4. The van der Waals surface area contributed by atoms with E-state index in [4.69, 9.17) is 0 Å². The molecule has 1 heterocycles. The van der Waals surface area contributed by atoms with Crippen molar-refractivity contribution in [1.82, 2.24) is 0 Å². The standard InChI is InChI=1S/C24H34F4Si/c1-2-3-17-4-6-18(7-5-17)8-11-29-12-9-19(10-13-29)20-14-21(26)24(22(27)15-20)23(28)16-25/h14-19,29H,2-13H2,1H3/b23-16-. The largest absolute Gasteiger partial charge is 0.212 e. The van der Waals surface area contributed by atoms with E-state index in [-0.39, 0.29) is 5.92 Å². The van der Waals surface area contributed by atoms with Crippen LogP contribution in [-0.2, 0) is 0 Å². The van der Waals surface area contributed by atoms with Gasteiger partial charge in [0.15, 0.2) is 5.83 Å². The van der Waals surface area contributed by atoms with Crippen LogP contribution in [0.2, 0.25) is 18.1 Å². The Bertz CT molecular complexity index is 663. The maximum absolute atomic E-state index is 14.1. The highest BCUT2D eigenvalue weighted by Crippen LogP contribution is 2.39. The average Bonchev–Trinajstić information content (AvgIpc) is 2.73. The Kier molecular flexibility index (Phi) is 8.40. The molecule has 1 aromatic rings. The van der Waals surface area contributed by atoms with Gasteiger partial charge < -0.3 is 0 Å². The van der Waals surface area contributed by atoms with Gasteiger partial charge in [0.25, 0.3) is 0 Å². The van der Waals surface area contributed by atoms with Crippen molar-refractivity contribution in [2.75, 3.05) is 0 Å². The summed E-state index contributed by atoms with van der Waals surface area (Å²) in [7, 11) is -0.750. The Morgan fingerprint density at radius 1 is 0.966 bits per heavy atom. The van der Waals surface area contributed by atoms with Crippen molar-refractivity contribution < 1.29 is 17.6 Å². The van der Waals surface area contributed by atoms with Gasteiger partial charge in [-0.15, -0.1) is 0 Å². The first-order valence-electron chi connectivity index (χ1n) is 11.5. The SMILES string of the molecule is CCCC1CCC(CC[SiH]2CCC(c3cc(F)c(/C(F)=C/F)c(F)c3)CC2)CC1. The van der Waals surface area contributed by atoms with E-state index >= 15 is 0 Å². The summed E-state index contributed by atoms with van der Waals surface area (Å²) in [6, 6.07) is 6.24. The number of hydrogen-bond acceptors (Lipinski definition) is 0. The Hall–Kier alpha value is -1.10. The van der Waals surface area contributed by atoms with Crippen molar-refractivity contribution in [3.05, 3.63) is 41.2 Å². The maximum Gasteiger partial charge on any atom is 0.164 e. The summed E-state index contributed by atoms with van der Waals surface area (Å²) in [5.41, 5.74) is -0.301. The number of hydrogen-bond donors (Lipinski definition) is 0. The fourth-order valence-electron chi connectivity index (χ4n) is 5.58. The molecular formula is C24H34F4Si. The van der Waals surface area contributed by atoms with Crippen LogP contribution in [0.4, 0.5) is 17.6 Å². The molecule has 1 saturated heterocycles. The quantitative estimate of drug-likeness (QED) is 0.304. The number of benzene rings is 1. The first-order valence-corrected chi connectivity index (χ1v) is 13.9. The molecule has 162 valence electrons. The van der Waals surface area contributed by atoms with Crippen molar-refractivity contribution in [3.63, 3.8) is 0 Å². The minimum Gasteiger partial charge on any atom is -0.212 e. The third-order valence-electron chi connectivity index (χ3n) is 7.36. The van der Waals surface area contributed by atoms with Crippen LogP contribution in [-0.4, -0.2) is 8.80 Å². The van der Waals surface area contributed by atoms with Gasteiger partial charge in [-0.05, 0) is 48.3 Å². The molecule has 0 spiro atoms. The third-order valence-corrected chi connectivity index (χ3v) is 10.8. The summed E-state index contributed by atoms with van der Waals surface area (Å²) in [5, 5.41) is 0. The van der Waals surface area contributed by atoms with Gasteiger partial charge in [-0.3, -0.25) is 0 Å². The normalized spacial score (nSPS) is 28.5. The smallest absolute Gasteiger partial charge is 0.164 e. The molecule has 1 saturated carbocycles. The van der Waals surface area contributed by atoms with Crippen LogP contribution in [0.25, 0.3) is 5.83 Å².